The van der Waals surface area contributed by atoms with E-state index in [2.05, 4.69) is 5.32 Å². The van der Waals surface area contributed by atoms with Crippen LogP contribution in [0.25, 0.3) is 0 Å². The van der Waals surface area contributed by atoms with Gasteiger partial charge < -0.3 is 15.0 Å². The molecule has 2 aliphatic rings. The van der Waals surface area contributed by atoms with E-state index >= 15 is 0 Å². The molecule has 1 N–H and O–H groups in total. The van der Waals surface area contributed by atoms with Crippen molar-refractivity contribution in [3.63, 3.8) is 0 Å². The molecule has 1 amide bonds. The van der Waals surface area contributed by atoms with Crippen LogP contribution in [0.4, 0.5) is 0 Å². The maximum atomic E-state index is 11.6. The van der Waals surface area contributed by atoms with Crippen LogP contribution in [-0.2, 0) is 9.53 Å². The Hall–Kier alpha value is -0.610. The number of hydrogen-bond acceptors (Lipinski definition) is 3. The first kappa shape index (κ1) is 10.9. The predicted molar refractivity (Wildman–Crippen MR) is 57.6 cm³/mol. The first-order valence-electron chi connectivity index (χ1n) is 5.75. The number of rotatable bonds is 4. The smallest absolute Gasteiger partial charge is 0.251 e. The van der Waals surface area contributed by atoms with Crippen molar-refractivity contribution in [2.24, 2.45) is 5.92 Å². The highest BCUT2D eigenvalue weighted by atomic mass is 16.5. The summed E-state index contributed by atoms with van der Waals surface area (Å²) in [6.45, 7) is 1.91. The zero-order chi connectivity index (χ0) is 10.8. The Morgan fingerprint density at radius 2 is 2.27 bits per heavy atom. The minimum absolute atomic E-state index is 0.157. The lowest BCUT2D eigenvalue weighted by Crippen LogP contribution is -2.40. The van der Waals surface area contributed by atoms with E-state index in [-0.39, 0.29) is 12.0 Å². The van der Waals surface area contributed by atoms with Crippen LogP contribution < -0.4 is 5.32 Å². The molecule has 4 heteroatoms. The van der Waals surface area contributed by atoms with Gasteiger partial charge in [-0.15, -0.1) is 0 Å². The normalized spacial score (nSPS) is 35.7. The van der Waals surface area contributed by atoms with Gasteiger partial charge in [0.2, 0.25) is 0 Å². The fourth-order valence-electron chi connectivity index (χ4n) is 2.39. The number of amides is 1. The molecular weight excluding hydrogens is 192 g/mol. The summed E-state index contributed by atoms with van der Waals surface area (Å²) in [5.74, 6) is 0.904. The Kier molecular flexibility index (Phi) is 3.26. The standard InChI is InChI=1S/C11H20N2O2/c1-12-7-8-5-9(6-8)15-10-3-4-13(2)11(10)14/h8-10,12H,3-7H2,1-2H3. The fraction of sp³-hybridized carbons (Fsp3) is 0.909. The van der Waals surface area contributed by atoms with Gasteiger partial charge in [-0.3, -0.25) is 4.79 Å². The van der Waals surface area contributed by atoms with Gasteiger partial charge in [-0.05, 0) is 32.4 Å². The van der Waals surface area contributed by atoms with Gasteiger partial charge in [-0.25, -0.2) is 0 Å². The van der Waals surface area contributed by atoms with E-state index in [9.17, 15) is 4.79 Å². The van der Waals surface area contributed by atoms with Crippen LogP contribution in [0.15, 0.2) is 0 Å². The maximum absolute atomic E-state index is 11.6. The summed E-state index contributed by atoms with van der Waals surface area (Å²) >= 11 is 0. The molecule has 86 valence electrons. The third kappa shape index (κ3) is 2.32. The van der Waals surface area contributed by atoms with Crippen molar-refractivity contribution in [3.05, 3.63) is 0 Å². The van der Waals surface area contributed by atoms with Crippen molar-refractivity contribution in [3.8, 4) is 0 Å². The predicted octanol–water partition coefficient (Wildman–Crippen LogP) is 0.232. The second kappa shape index (κ2) is 4.49. The first-order valence-corrected chi connectivity index (χ1v) is 5.75. The molecule has 0 spiro atoms. The van der Waals surface area contributed by atoms with Gasteiger partial charge in [0, 0.05) is 20.0 Å². The molecular formula is C11H20N2O2. The lowest BCUT2D eigenvalue weighted by Gasteiger charge is -2.36. The summed E-state index contributed by atoms with van der Waals surface area (Å²) in [5, 5.41) is 3.17. The largest absolute Gasteiger partial charge is 0.365 e. The van der Waals surface area contributed by atoms with Gasteiger partial charge in [0.15, 0.2) is 0 Å². The number of carbonyl (C=O) groups excluding carboxylic acids is 1. The van der Waals surface area contributed by atoms with Gasteiger partial charge >= 0.3 is 0 Å². The van der Waals surface area contributed by atoms with Crippen molar-refractivity contribution in [1.82, 2.24) is 10.2 Å². The van der Waals surface area contributed by atoms with Gasteiger partial charge in [0.1, 0.15) is 6.10 Å². The molecule has 1 aliphatic carbocycles. The summed E-state index contributed by atoms with van der Waals surface area (Å²) < 4.78 is 5.79. The van der Waals surface area contributed by atoms with Crippen LogP contribution in [-0.4, -0.2) is 50.2 Å². The van der Waals surface area contributed by atoms with Crippen molar-refractivity contribution in [1.29, 1.82) is 0 Å². The summed E-state index contributed by atoms with van der Waals surface area (Å²) in [5.41, 5.74) is 0. The topological polar surface area (TPSA) is 41.6 Å². The minimum Gasteiger partial charge on any atom is -0.365 e. The molecule has 0 radical (unpaired) electrons. The zero-order valence-electron chi connectivity index (χ0n) is 9.53. The molecule has 1 unspecified atom stereocenters. The maximum Gasteiger partial charge on any atom is 0.251 e. The van der Waals surface area contributed by atoms with Crippen molar-refractivity contribution in [2.45, 2.75) is 31.5 Å². The van der Waals surface area contributed by atoms with Crippen LogP contribution >= 0.6 is 0 Å². The second-order valence-electron chi connectivity index (χ2n) is 4.69. The number of ether oxygens (including phenoxy) is 1. The molecule has 0 aromatic heterocycles. The molecule has 1 saturated carbocycles. The van der Waals surface area contributed by atoms with E-state index in [1.54, 1.807) is 4.90 Å². The Morgan fingerprint density at radius 3 is 2.80 bits per heavy atom. The number of likely N-dealkylation sites (N-methyl/N-ethyl adjacent to an activating group) is 1. The van der Waals surface area contributed by atoms with Crippen molar-refractivity contribution < 1.29 is 9.53 Å². The van der Waals surface area contributed by atoms with E-state index < -0.39 is 0 Å². The molecule has 1 heterocycles. The average Bonchev–Trinajstić information content (AvgIpc) is 2.46. The van der Waals surface area contributed by atoms with E-state index in [1.807, 2.05) is 14.1 Å². The third-order valence-corrected chi connectivity index (χ3v) is 3.42. The number of carbonyl (C=O) groups is 1. The molecule has 15 heavy (non-hydrogen) atoms. The highest BCUT2D eigenvalue weighted by molar-refractivity contribution is 5.82. The van der Waals surface area contributed by atoms with E-state index in [1.165, 1.54) is 0 Å². The zero-order valence-corrected chi connectivity index (χ0v) is 9.53. The van der Waals surface area contributed by atoms with E-state index in [0.717, 1.165) is 38.3 Å². The minimum atomic E-state index is -0.157. The van der Waals surface area contributed by atoms with Crippen LogP contribution in [0.1, 0.15) is 19.3 Å². The summed E-state index contributed by atoms with van der Waals surface area (Å²) in [6, 6.07) is 0. The number of nitrogens with one attached hydrogen (secondary N) is 1. The van der Waals surface area contributed by atoms with Crippen LogP contribution in [0.5, 0.6) is 0 Å². The molecule has 2 rings (SSSR count). The summed E-state index contributed by atoms with van der Waals surface area (Å²) in [6.07, 6.45) is 3.24. The van der Waals surface area contributed by atoms with Crippen molar-refractivity contribution >= 4 is 5.91 Å². The quantitative estimate of drug-likeness (QED) is 0.725. The molecule has 0 aromatic rings. The molecule has 1 saturated heterocycles. The molecule has 2 fully saturated rings. The lowest BCUT2D eigenvalue weighted by atomic mass is 9.82. The van der Waals surface area contributed by atoms with Crippen LogP contribution in [0.3, 0.4) is 0 Å². The Bertz CT molecular complexity index is 239. The van der Waals surface area contributed by atoms with Crippen LogP contribution in [0.2, 0.25) is 0 Å². The van der Waals surface area contributed by atoms with Gasteiger partial charge in [-0.1, -0.05) is 0 Å². The van der Waals surface area contributed by atoms with Gasteiger partial charge in [-0.2, -0.15) is 0 Å². The van der Waals surface area contributed by atoms with Crippen LogP contribution in [0, 0.1) is 5.92 Å². The molecule has 1 atom stereocenters. The number of hydrogen-bond donors (Lipinski definition) is 1. The molecule has 4 nitrogen and oxygen atoms in total. The molecule has 1 aliphatic heterocycles. The number of likely N-dealkylation sites (tertiary alicyclic amines) is 1. The number of nitrogens with zero attached hydrogens (tertiary/aromatic N) is 1. The second-order valence-corrected chi connectivity index (χ2v) is 4.69. The summed E-state index contributed by atoms with van der Waals surface area (Å²) in [4.78, 5) is 13.3. The fourth-order valence-corrected chi connectivity index (χ4v) is 2.39. The Labute approximate surface area is 91.0 Å². The molecule has 0 aromatic carbocycles. The highest BCUT2D eigenvalue weighted by Gasteiger charge is 2.36. The monoisotopic (exact) mass is 212 g/mol. The van der Waals surface area contributed by atoms with Crippen molar-refractivity contribution in [2.75, 3.05) is 27.2 Å². The Balaban J connectivity index is 1.69. The highest BCUT2D eigenvalue weighted by Crippen LogP contribution is 2.31. The average molecular weight is 212 g/mol. The van der Waals surface area contributed by atoms with Gasteiger partial charge in [0.25, 0.3) is 5.91 Å². The van der Waals surface area contributed by atoms with E-state index in [0.29, 0.717) is 6.10 Å². The lowest BCUT2D eigenvalue weighted by molar-refractivity contribution is -0.144. The SMILES string of the molecule is CNCC1CC(OC2CCN(C)C2=O)C1. The van der Waals surface area contributed by atoms with Gasteiger partial charge in [0.05, 0.1) is 6.10 Å². The van der Waals surface area contributed by atoms with E-state index in [4.69, 9.17) is 4.74 Å². The summed E-state index contributed by atoms with van der Waals surface area (Å²) in [7, 11) is 3.82. The Morgan fingerprint density at radius 1 is 1.53 bits per heavy atom. The third-order valence-electron chi connectivity index (χ3n) is 3.42. The first-order chi connectivity index (χ1) is 7.20. The molecule has 0 bridgehead atoms.